The summed E-state index contributed by atoms with van der Waals surface area (Å²) in [5.74, 6) is 0.816. The molecule has 0 radical (unpaired) electrons. The molecule has 0 aliphatic heterocycles. The van der Waals surface area contributed by atoms with Crippen molar-refractivity contribution in [2.75, 3.05) is 7.05 Å². The summed E-state index contributed by atoms with van der Waals surface area (Å²) in [6.45, 7) is 3.67. The summed E-state index contributed by atoms with van der Waals surface area (Å²) in [5.41, 5.74) is 1.22. The van der Waals surface area contributed by atoms with E-state index in [0.717, 1.165) is 23.5 Å². The van der Waals surface area contributed by atoms with Gasteiger partial charge in [-0.25, -0.2) is 0 Å². The van der Waals surface area contributed by atoms with E-state index in [9.17, 15) is 0 Å². The lowest BCUT2D eigenvalue weighted by Gasteiger charge is -2.11. The molecule has 0 fully saturated rings. The minimum Gasteiger partial charge on any atom is -0.352 e. The highest BCUT2D eigenvalue weighted by molar-refractivity contribution is 9.10. The van der Waals surface area contributed by atoms with Gasteiger partial charge in [0.25, 0.3) is 0 Å². The molecule has 5 heteroatoms. The number of benzene rings is 1. The Labute approximate surface area is 132 Å². The molecule has 0 spiro atoms. The maximum absolute atomic E-state index is 4.23. The second kappa shape index (κ2) is 7.45. The predicted octanol–water partition coefficient (Wildman–Crippen LogP) is 3.68. The van der Waals surface area contributed by atoms with Crippen molar-refractivity contribution < 1.29 is 0 Å². The van der Waals surface area contributed by atoms with E-state index in [0.29, 0.717) is 0 Å². The first-order chi connectivity index (χ1) is 9.67. The molecule has 106 valence electrons. The fourth-order valence-corrected chi connectivity index (χ4v) is 3.08. The maximum atomic E-state index is 4.23. The average Bonchev–Trinajstić information content (AvgIpc) is 2.85. The molecule has 0 aliphatic carbocycles. The van der Waals surface area contributed by atoms with Crippen molar-refractivity contribution in [2.24, 2.45) is 4.99 Å². The molecule has 20 heavy (non-hydrogen) atoms. The molecule has 0 bridgehead atoms. The van der Waals surface area contributed by atoms with Crippen molar-refractivity contribution in [3.05, 3.63) is 56.2 Å². The smallest absolute Gasteiger partial charge is 0.191 e. The van der Waals surface area contributed by atoms with Crippen molar-refractivity contribution in [3.8, 4) is 0 Å². The SMILES string of the molecule is CN=C(NCc1cccc(Br)c1)NCc1ccc(C)s1. The van der Waals surface area contributed by atoms with Gasteiger partial charge < -0.3 is 10.6 Å². The number of hydrogen-bond acceptors (Lipinski definition) is 2. The first kappa shape index (κ1) is 15.1. The van der Waals surface area contributed by atoms with E-state index in [4.69, 9.17) is 0 Å². The van der Waals surface area contributed by atoms with E-state index >= 15 is 0 Å². The zero-order valence-corrected chi connectivity index (χ0v) is 14.0. The van der Waals surface area contributed by atoms with Crippen LogP contribution in [0.3, 0.4) is 0 Å². The third-order valence-corrected chi connectivity index (χ3v) is 4.29. The van der Waals surface area contributed by atoms with Crippen LogP contribution in [0.4, 0.5) is 0 Å². The Kier molecular flexibility index (Phi) is 5.61. The van der Waals surface area contributed by atoms with Gasteiger partial charge in [0.15, 0.2) is 5.96 Å². The highest BCUT2D eigenvalue weighted by Gasteiger charge is 2.01. The summed E-state index contributed by atoms with van der Waals surface area (Å²) in [4.78, 5) is 6.88. The predicted molar refractivity (Wildman–Crippen MR) is 90.2 cm³/mol. The van der Waals surface area contributed by atoms with Crippen LogP contribution in [0.5, 0.6) is 0 Å². The summed E-state index contributed by atoms with van der Waals surface area (Å²) >= 11 is 5.28. The number of nitrogens with zero attached hydrogens (tertiary/aromatic N) is 1. The zero-order chi connectivity index (χ0) is 14.4. The van der Waals surface area contributed by atoms with E-state index in [-0.39, 0.29) is 0 Å². The van der Waals surface area contributed by atoms with Crippen LogP contribution in [-0.2, 0) is 13.1 Å². The molecule has 1 heterocycles. The van der Waals surface area contributed by atoms with Gasteiger partial charge in [-0.15, -0.1) is 11.3 Å². The number of thiophene rings is 1. The third-order valence-electron chi connectivity index (χ3n) is 2.80. The summed E-state index contributed by atoms with van der Waals surface area (Å²) < 4.78 is 1.09. The highest BCUT2D eigenvalue weighted by Crippen LogP contribution is 2.14. The molecule has 0 atom stereocenters. The van der Waals surface area contributed by atoms with Crippen LogP contribution in [0.15, 0.2) is 45.9 Å². The fourth-order valence-electron chi connectivity index (χ4n) is 1.80. The third kappa shape index (κ3) is 4.65. The van der Waals surface area contributed by atoms with E-state index in [2.05, 4.69) is 62.7 Å². The monoisotopic (exact) mass is 351 g/mol. The lowest BCUT2D eigenvalue weighted by atomic mass is 10.2. The van der Waals surface area contributed by atoms with Crippen molar-refractivity contribution >= 4 is 33.2 Å². The molecule has 0 saturated heterocycles. The highest BCUT2D eigenvalue weighted by atomic mass is 79.9. The molecule has 0 unspecified atom stereocenters. The minimum absolute atomic E-state index is 0.753. The molecule has 3 nitrogen and oxygen atoms in total. The van der Waals surface area contributed by atoms with Crippen molar-refractivity contribution in [2.45, 2.75) is 20.0 Å². The minimum atomic E-state index is 0.753. The first-order valence-electron chi connectivity index (χ1n) is 6.41. The van der Waals surface area contributed by atoms with Gasteiger partial charge in [-0.3, -0.25) is 4.99 Å². The molecule has 2 aromatic rings. The Balaban J connectivity index is 1.84. The lowest BCUT2D eigenvalue weighted by molar-refractivity contribution is 0.815. The second-order valence-corrected chi connectivity index (χ2v) is 6.71. The number of hydrogen-bond donors (Lipinski definition) is 2. The average molecular weight is 352 g/mol. The van der Waals surface area contributed by atoms with Crippen molar-refractivity contribution in [1.82, 2.24) is 10.6 Å². The number of nitrogens with one attached hydrogen (secondary N) is 2. The molecule has 0 saturated carbocycles. The van der Waals surface area contributed by atoms with Gasteiger partial charge in [-0.05, 0) is 36.8 Å². The fraction of sp³-hybridized carbons (Fsp3) is 0.267. The van der Waals surface area contributed by atoms with Crippen LogP contribution in [0.2, 0.25) is 0 Å². The Morgan fingerprint density at radius 3 is 2.65 bits per heavy atom. The van der Waals surface area contributed by atoms with Crippen molar-refractivity contribution in [3.63, 3.8) is 0 Å². The van der Waals surface area contributed by atoms with Crippen LogP contribution in [0.25, 0.3) is 0 Å². The van der Waals surface area contributed by atoms with Gasteiger partial charge in [0.2, 0.25) is 0 Å². The summed E-state index contributed by atoms with van der Waals surface area (Å²) in [7, 11) is 1.79. The van der Waals surface area contributed by atoms with Crippen LogP contribution >= 0.6 is 27.3 Å². The van der Waals surface area contributed by atoms with E-state index in [1.54, 1.807) is 18.4 Å². The molecule has 0 amide bonds. The van der Waals surface area contributed by atoms with E-state index in [1.807, 2.05) is 12.1 Å². The molecule has 1 aromatic heterocycles. The first-order valence-corrected chi connectivity index (χ1v) is 8.02. The molecular formula is C15H18BrN3S. The van der Waals surface area contributed by atoms with Gasteiger partial charge in [0.05, 0.1) is 6.54 Å². The van der Waals surface area contributed by atoms with Crippen molar-refractivity contribution in [1.29, 1.82) is 0 Å². The largest absolute Gasteiger partial charge is 0.352 e. The molecule has 0 aliphatic rings. The van der Waals surface area contributed by atoms with Gasteiger partial charge in [0.1, 0.15) is 0 Å². The number of aliphatic imine (C=N–C) groups is 1. The van der Waals surface area contributed by atoms with Gasteiger partial charge in [0, 0.05) is 27.8 Å². The standard InChI is InChI=1S/C15H18BrN3S/c1-11-6-7-14(20-11)10-19-15(17-2)18-9-12-4-3-5-13(16)8-12/h3-8H,9-10H2,1-2H3,(H2,17,18,19). The van der Waals surface area contributed by atoms with Crippen LogP contribution in [0.1, 0.15) is 15.3 Å². The Bertz CT molecular complexity index is 592. The summed E-state index contributed by atoms with van der Waals surface area (Å²) in [6, 6.07) is 12.5. The van der Waals surface area contributed by atoms with Crippen LogP contribution < -0.4 is 10.6 Å². The molecular weight excluding hydrogens is 334 g/mol. The Morgan fingerprint density at radius 1 is 1.20 bits per heavy atom. The maximum Gasteiger partial charge on any atom is 0.191 e. The van der Waals surface area contributed by atoms with Gasteiger partial charge in [-0.2, -0.15) is 0 Å². The number of aryl methyl sites for hydroxylation is 1. The summed E-state index contributed by atoms with van der Waals surface area (Å²) in [5, 5.41) is 6.63. The zero-order valence-electron chi connectivity index (χ0n) is 11.6. The van der Waals surface area contributed by atoms with E-state index < -0.39 is 0 Å². The molecule has 2 N–H and O–H groups in total. The second-order valence-electron chi connectivity index (χ2n) is 4.42. The normalized spacial score (nSPS) is 11.4. The Morgan fingerprint density at radius 2 is 2.00 bits per heavy atom. The number of guanidine groups is 1. The van der Waals surface area contributed by atoms with E-state index in [1.165, 1.54) is 15.3 Å². The van der Waals surface area contributed by atoms with Crippen LogP contribution in [0, 0.1) is 6.92 Å². The lowest BCUT2D eigenvalue weighted by Crippen LogP contribution is -2.36. The van der Waals surface area contributed by atoms with Crippen LogP contribution in [-0.4, -0.2) is 13.0 Å². The van der Waals surface area contributed by atoms with Gasteiger partial charge in [-0.1, -0.05) is 28.1 Å². The number of halogens is 1. The number of rotatable bonds is 4. The Hall–Kier alpha value is -1.33. The van der Waals surface area contributed by atoms with Gasteiger partial charge >= 0.3 is 0 Å². The summed E-state index contributed by atoms with van der Waals surface area (Å²) in [6.07, 6.45) is 0. The quantitative estimate of drug-likeness (QED) is 0.651. The molecule has 2 rings (SSSR count). The molecule has 1 aromatic carbocycles. The topological polar surface area (TPSA) is 36.4 Å².